The molecule has 6 heteroatoms. The maximum Gasteiger partial charge on any atom is 0.231 e. The molecule has 0 radical (unpaired) electrons. The summed E-state index contributed by atoms with van der Waals surface area (Å²) in [6, 6.07) is 16.4. The Morgan fingerprint density at radius 2 is 1.65 bits per heavy atom. The number of fused-ring (bicyclic) bond motifs is 1. The minimum atomic E-state index is -0.169. The van der Waals surface area contributed by atoms with Crippen LogP contribution in [0.1, 0.15) is 27.0 Å². The fraction of sp³-hybridized carbons (Fsp3) is 0.160. The summed E-state index contributed by atoms with van der Waals surface area (Å²) in [4.78, 5) is 12.9. The molecule has 0 spiro atoms. The topological polar surface area (TPSA) is 54.0 Å². The van der Waals surface area contributed by atoms with Gasteiger partial charge in [0.2, 0.25) is 5.78 Å². The number of carbonyl (C=O) groups excluding carboxylic acids is 1. The standard InChI is InChI=1S/C25H21ClO5/c1-15-20(30-14-16-4-7-18(26)8-5-16)11-9-19-24(27)23(31-25(15)19)13-17-6-10-21(28-2)22(12-17)29-3/h4-13H,14H2,1-3H3/b23-13-. The van der Waals surface area contributed by atoms with Gasteiger partial charge in [-0.05, 0) is 60.5 Å². The van der Waals surface area contributed by atoms with Crippen molar-refractivity contribution in [1.82, 2.24) is 0 Å². The Labute approximate surface area is 185 Å². The summed E-state index contributed by atoms with van der Waals surface area (Å²) in [5.41, 5.74) is 3.06. The lowest BCUT2D eigenvalue weighted by atomic mass is 10.1. The van der Waals surface area contributed by atoms with Crippen LogP contribution in [-0.4, -0.2) is 20.0 Å². The molecule has 0 atom stereocenters. The Balaban J connectivity index is 1.56. The third-order valence-electron chi connectivity index (χ3n) is 5.05. The largest absolute Gasteiger partial charge is 0.493 e. The minimum absolute atomic E-state index is 0.169. The Kier molecular flexibility index (Phi) is 5.87. The molecule has 3 aromatic carbocycles. The van der Waals surface area contributed by atoms with Crippen molar-refractivity contribution in [3.8, 4) is 23.0 Å². The zero-order valence-electron chi connectivity index (χ0n) is 17.4. The van der Waals surface area contributed by atoms with Crippen LogP contribution < -0.4 is 18.9 Å². The van der Waals surface area contributed by atoms with Crippen LogP contribution >= 0.6 is 11.6 Å². The van der Waals surface area contributed by atoms with Gasteiger partial charge in [0, 0.05) is 10.6 Å². The van der Waals surface area contributed by atoms with Crippen molar-refractivity contribution in [3.05, 3.63) is 87.6 Å². The van der Waals surface area contributed by atoms with Crippen LogP contribution in [0.25, 0.3) is 6.08 Å². The van der Waals surface area contributed by atoms with Gasteiger partial charge >= 0.3 is 0 Å². The molecule has 0 saturated heterocycles. The first-order valence-electron chi connectivity index (χ1n) is 9.67. The Morgan fingerprint density at radius 3 is 2.35 bits per heavy atom. The summed E-state index contributed by atoms with van der Waals surface area (Å²) >= 11 is 5.93. The van der Waals surface area contributed by atoms with Gasteiger partial charge < -0.3 is 18.9 Å². The van der Waals surface area contributed by atoms with E-state index in [2.05, 4.69) is 0 Å². The van der Waals surface area contributed by atoms with Crippen LogP contribution in [-0.2, 0) is 6.61 Å². The van der Waals surface area contributed by atoms with Gasteiger partial charge in [0.05, 0.1) is 19.8 Å². The van der Waals surface area contributed by atoms with Gasteiger partial charge in [0.15, 0.2) is 17.3 Å². The highest BCUT2D eigenvalue weighted by Gasteiger charge is 2.30. The molecular weight excluding hydrogens is 416 g/mol. The third kappa shape index (κ3) is 4.23. The smallest absolute Gasteiger partial charge is 0.231 e. The maximum absolute atomic E-state index is 12.9. The van der Waals surface area contributed by atoms with Gasteiger partial charge in [0.1, 0.15) is 18.1 Å². The quantitative estimate of drug-likeness (QED) is 0.453. The van der Waals surface area contributed by atoms with E-state index in [-0.39, 0.29) is 11.5 Å². The molecule has 4 rings (SSSR count). The molecule has 0 saturated carbocycles. The molecule has 0 bridgehead atoms. The van der Waals surface area contributed by atoms with E-state index in [9.17, 15) is 4.79 Å². The van der Waals surface area contributed by atoms with Crippen molar-refractivity contribution in [3.63, 3.8) is 0 Å². The van der Waals surface area contributed by atoms with Crippen molar-refractivity contribution in [1.29, 1.82) is 0 Å². The van der Waals surface area contributed by atoms with Gasteiger partial charge in [-0.25, -0.2) is 0 Å². The monoisotopic (exact) mass is 436 g/mol. The van der Waals surface area contributed by atoms with Crippen LogP contribution in [0.5, 0.6) is 23.0 Å². The van der Waals surface area contributed by atoms with Crippen molar-refractivity contribution in [2.75, 3.05) is 14.2 Å². The summed E-state index contributed by atoms with van der Waals surface area (Å²) in [7, 11) is 3.14. The van der Waals surface area contributed by atoms with Crippen molar-refractivity contribution < 1.29 is 23.7 Å². The molecule has 0 N–H and O–H groups in total. The van der Waals surface area contributed by atoms with Gasteiger partial charge in [-0.1, -0.05) is 29.8 Å². The fourth-order valence-electron chi connectivity index (χ4n) is 3.36. The van der Waals surface area contributed by atoms with Gasteiger partial charge in [-0.15, -0.1) is 0 Å². The first kappa shape index (κ1) is 20.8. The van der Waals surface area contributed by atoms with Crippen molar-refractivity contribution in [2.45, 2.75) is 13.5 Å². The van der Waals surface area contributed by atoms with E-state index >= 15 is 0 Å². The predicted octanol–water partition coefficient (Wildman–Crippen LogP) is 5.86. The van der Waals surface area contributed by atoms with E-state index in [4.69, 9.17) is 30.5 Å². The number of allylic oxidation sites excluding steroid dienone is 1. The molecule has 31 heavy (non-hydrogen) atoms. The highest BCUT2D eigenvalue weighted by molar-refractivity contribution is 6.30. The van der Waals surface area contributed by atoms with Crippen LogP contribution in [0.15, 0.2) is 60.4 Å². The molecule has 158 valence electrons. The van der Waals surface area contributed by atoms with E-state index in [1.807, 2.05) is 37.3 Å². The van der Waals surface area contributed by atoms with Crippen molar-refractivity contribution >= 4 is 23.5 Å². The molecule has 0 unspecified atom stereocenters. The Bertz CT molecular complexity index is 1170. The number of Topliss-reactive ketones (excluding diaryl/α,β-unsaturated/α-hetero) is 1. The van der Waals surface area contributed by atoms with E-state index in [0.29, 0.717) is 40.2 Å². The average Bonchev–Trinajstić information content (AvgIpc) is 3.10. The number of halogens is 1. The second-order valence-electron chi connectivity index (χ2n) is 7.03. The Morgan fingerprint density at radius 1 is 0.935 bits per heavy atom. The highest BCUT2D eigenvalue weighted by Crippen LogP contribution is 2.40. The number of ketones is 1. The molecular formula is C25H21ClO5. The predicted molar refractivity (Wildman–Crippen MR) is 119 cm³/mol. The molecule has 0 aromatic heterocycles. The SMILES string of the molecule is COc1ccc(/C=C2\Oc3c(ccc(OCc4ccc(Cl)cc4)c3C)C2=O)cc1OC. The summed E-state index contributed by atoms with van der Waals surface area (Å²) in [5, 5.41) is 0.679. The first-order valence-corrected chi connectivity index (χ1v) is 10.0. The zero-order chi connectivity index (χ0) is 22.0. The molecule has 1 aliphatic heterocycles. The maximum atomic E-state index is 12.9. The normalized spacial score (nSPS) is 13.7. The van der Waals surface area contributed by atoms with E-state index in [1.165, 1.54) is 0 Å². The summed E-state index contributed by atoms with van der Waals surface area (Å²) in [6.45, 7) is 2.27. The van der Waals surface area contributed by atoms with Crippen LogP contribution in [0.3, 0.4) is 0 Å². The molecule has 1 aliphatic rings. The second kappa shape index (κ2) is 8.74. The van der Waals surface area contributed by atoms with E-state index < -0.39 is 0 Å². The van der Waals surface area contributed by atoms with Crippen LogP contribution in [0.4, 0.5) is 0 Å². The average molecular weight is 437 g/mol. The number of ether oxygens (including phenoxy) is 4. The number of methoxy groups -OCH3 is 2. The number of carbonyl (C=O) groups is 1. The van der Waals surface area contributed by atoms with Gasteiger partial charge in [-0.2, -0.15) is 0 Å². The molecule has 1 heterocycles. The summed E-state index contributed by atoms with van der Waals surface area (Å²) in [6.07, 6.45) is 1.69. The van der Waals surface area contributed by atoms with Crippen LogP contribution in [0.2, 0.25) is 5.02 Å². The first-order chi connectivity index (χ1) is 15.0. The number of rotatable bonds is 6. The van der Waals surface area contributed by atoms with Gasteiger partial charge in [0.25, 0.3) is 0 Å². The molecule has 0 aliphatic carbocycles. The minimum Gasteiger partial charge on any atom is -0.493 e. The number of hydrogen-bond donors (Lipinski definition) is 0. The van der Waals surface area contributed by atoms with Crippen LogP contribution in [0, 0.1) is 6.92 Å². The number of benzene rings is 3. The van der Waals surface area contributed by atoms with Gasteiger partial charge in [-0.3, -0.25) is 4.79 Å². The second-order valence-corrected chi connectivity index (χ2v) is 7.47. The summed E-state index contributed by atoms with van der Waals surface area (Å²) < 4.78 is 22.5. The van der Waals surface area contributed by atoms with E-state index in [0.717, 1.165) is 16.7 Å². The molecule has 0 amide bonds. The Hall–Kier alpha value is -3.44. The molecule has 0 fully saturated rings. The van der Waals surface area contributed by atoms with Crippen molar-refractivity contribution in [2.24, 2.45) is 0 Å². The van der Waals surface area contributed by atoms with E-state index in [1.54, 1.807) is 44.6 Å². The third-order valence-corrected chi connectivity index (χ3v) is 5.30. The lowest BCUT2D eigenvalue weighted by Gasteiger charge is -2.11. The molecule has 3 aromatic rings. The number of hydrogen-bond acceptors (Lipinski definition) is 5. The summed E-state index contributed by atoms with van der Waals surface area (Å²) in [5.74, 6) is 2.45. The fourth-order valence-corrected chi connectivity index (χ4v) is 3.49. The lowest BCUT2D eigenvalue weighted by molar-refractivity contribution is 0.101. The highest BCUT2D eigenvalue weighted by atomic mass is 35.5. The molecule has 5 nitrogen and oxygen atoms in total. The lowest BCUT2D eigenvalue weighted by Crippen LogP contribution is -1.98. The zero-order valence-corrected chi connectivity index (χ0v) is 18.2.